The third-order valence-corrected chi connectivity index (χ3v) is 4.97. The second-order valence-corrected chi connectivity index (χ2v) is 6.45. The molecule has 1 aromatic rings. The van der Waals surface area contributed by atoms with E-state index in [0.717, 1.165) is 0 Å². The SMILES string of the molecule is COC(=O)c1ccc(C)c(S(=O)(=O)N(C)CCCN)c1. The van der Waals surface area contributed by atoms with Gasteiger partial charge >= 0.3 is 5.97 Å². The first-order valence-corrected chi connectivity index (χ1v) is 7.64. The zero-order valence-corrected chi connectivity index (χ0v) is 12.7. The van der Waals surface area contributed by atoms with Crippen molar-refractivity contribution in [1.29, 1.82) is 0 Å². The number of nitrogens with zero attached hydrogens (tertiary/aromatic N) is 1. The molecule has 6 nitrogen and oxygen atoms in total. The van der Waals surface area contributed by atoms with E-state index in [9.17, 15) is 13.2 Å². The molecule has 7 heteroatoms. The van der Waals surface area contributed by atoms with Gasteiger partial charge in [-0.3, -0.25) is 0 Å². The van der Waals surface area contributed by atoms with Crippen LogP contribution in [0.25, 0.3) is 0 Å². The van der Waals surface area contributed by atoms with E-state index >= 15 is 0 Å². The van der Waals surface area contributed by atoms with E-state index < -0.39 is 16.0 Å². The second kappa shape index (κ2) is 6.83. The molecule has 0 aliphatic carbocycles. The van der Waals surface area contributed by atoms with Crippen molar-refractivity contribution in [2.75, 3.05) is 27.2 Å². The van der Waals surface area contributed by atoms with E-state index in [1.807, 2.05) is 0 Å². The Hall–Kier alpha value is -1.44. The highest BCUT2D eigenvalue weighted by molar-refractivity contribution is 7.89. The number of methoxy groups -OCH3 is 1. The molecule has 0 heterocycles. The van der Waals surface area contributed by atoms with Crippen molar-refractivity contribution in [3.05, 3.63) is 29.3 Å². The van der Waals surface area contributed by atoms with Crippen LogP contribution in [0.3, 0.4) is 0 Å². The van der Waals surface area contributed by atoms with Crippen LogP contribution in [0.2, 0.25) is 0 Å². The van der Waals surface area contributed by atoms with Gasteiger partial charge in [-0.05, 0) is 37.6 Å². The average Bonchev–Trinajstić information content (AvgIpc) is 2.43. The first kappa shape index (κ1) is 16.6. The van der Waals surface area contributed by atoms with Crippen LogP contribution in [0, 0.1) is 6.92 Å². The Bertz CT molecular complexity index is 584. The number of benzene rings is 1. The molecule has 1 rings (SSSR count). The number of aryl methyl sites for hydroxylation is 1. The summed E-state index contributed by atoms with van der Waals surface area (Å²) in [6, 6.07) is 4.48. The Labute approximate surface area is 119 Å². The lowest BCUT2D eigenvalue weighted by molar-refractivity contribution is 0.0600. The quantitative estimate of drug-likeness (QED) is 0.783. The Morgan fingerprint density at radius 2 is 2.05 bits per heavy atom. The molecule has 0 unspecified atom stereocenters. The molecule has 20 heavy (non-hydrogen) atoms. The summed E-state index contributed by atoms with van der Waals surface area (Å²) in [7, 11) is -0.887. The third kappa shape index (κ3) is 3.56. The number of carbonyl (C=O) groups excluding carboxylic acids is 1. The third-order valence-electron chi connectivity index (χ3n) is 2.97. The average molecular weight is 300 g/mol. The van der Waals surface area contributed by atoms with Gasteiger partial charge in [-0.1, -0.05) is 6.07 Å². The first-order chi connectivity index (χ1) is 9.34. The van der Waals surface area contributed by atoms with Gasteiger partial charge in [-0.2, -0.15) is 0 Å². The number of carbonyl (C=O) groups is 1. The van der Waals surface area contributed by atoms with Crippen LogP contribution in [-0.2, 0) is 14.8 Å². The Morgan fingerprint density at radius 1 is 1.40 bits per heavy atom. The normalized spacial score (nSPS) is 11.7. The molecule has 112 valence electrons. The van der Waals surface area contributed by atoms with Crippen LogP contribution in [0.15, 0.2) is 23.1 Å². The molecule has 0 bridgehead atoms. The van der Waals surface area contributed by atoms with Crippen LogP contribution in [0.5, 0.6) is 0 Å². The topological polar surface area (TPSA) is 89.7 Å². The van der Waals surface area contributed by atoms with Crippen molar-refractivity contribution in [1.82, 2.24) is 4.31 Å². The van der Waals surface area contributed by atoms with E-state index in [-0.39, 0.29) is 10.5 Å². The highest BCUT2D eigenvalue weighted by Gasteiger charge is 2.23. The smallest absolute Gasteiger partial charge is 0.337 e. The largest absolute Gasteiger partial charge is 0.465 e. The van der Waals surface area contributed by atoms with Gasteiger partial charge in [0.15, 0.2) is 0 Å². The van der Waals surface area contributed by atoms with E-state index in [4.69, 9.17) is 5.73 Å². The van der Waals surface area contributed by atoms with E-state index in [0.29, 0.717) is 25.1 Å². The van der Waals surface area contributed by atoms with Crippen molar-refractivity contribution in [3.63, 3.8) is 0 Å². The fourth-order valence-corrected chi connectivity index (χ4v) is 3.18. The summed E-state index contributed by atoms with van der Waals surface area (Å²) in [5.74, 6) is -0.564. The number of sulfonamides is 1. The molecule has 0 aliphatic heterocycles. The van der Waals surface area contributed by atoms with E-state index in [1.54, 1.807) is 19.1 Å². The number of hydrogen-bond donors (Lipinski definition) is 1. The van der Waals surface area contributed by atoms with Crippen molar-refractivity contribution in [3.8, 4) is 0 Å². The monoisotopic (exact) mass is 300 g/mol. The highest BCUT2D eigenvalue weighted by atomic mass is 32.2. The number of rotatable bonds is 6. The number of ether oxygens (including phenoxy) is 1. The highest BCUT2D eigenvalue weighted by Crippen LogP contribution is 2.21. The van der Waals surface area contributed by atoms with Crippen LogP contribution in [-0.4, -0.2) is 45.9 Å². The van der Waals surface area contributed by atoms with Crippen LogP contribution in [0.1, 0.15) is 22.3 Å². The minimum absolute atomic E-state index is 0.111. The maximum absolute atomic E-state index is 12.5. The lowest BCUT2D eigenvalue weighted by Crippen LogP contribution is -2.29. The predicted octanol–water partition coefficient (Wildman–Crippen LogP) is 0.751. The van der Waals surface area contributed by atoms with Crippen molar-refractivity contribution in [2.24, 2.45) is 5.73 Å². The number of esters is 1. The first-order valence-electron chi connectivity index (χ1n) is 6.20. The zero-order valence-electron chi connectivity index (χ0n) is 11.9. The molecular weight excluding hydrogens is 280 g/mol. The van der Waals surface area contributed by atoms with Gasteiger partial charge in [-0.15, -0.1) is 0 Å². The van der Waals surface area contributed by atoms with Crippen LogP contribution < -0.4 is 5.73 Å². The molecule has 1 aromatic carbocycles. The lowest BCUT2D eigenvalue weighted by atomic mass is 10.1. The molecule has 0 spiro atoms. The Kier molecular flexibility index (Phi) is 5.67. The summed E-state index contributed by atoms with van der Waals surface area (Å²) < 4.78 is 30.8. The number of nitrogens with two attached hydrogens (primary N) is 1. The molecule has 2 N–H and O–H groups in total. The molecule has 0 saturated carbocycles. The van der Waals surface area contributed by atoms with Gasteiger partial charge in [0.1, 0.15) is 0 Å². The van der Waals surface area contributed by atoms with E-state index in [1.165, 1.54) is 24.5 Å². The fraction of sp³-hybridized carbons (Fsp3) is 0.462. The summed E-state index contributed by atoms with van der Waals surface area (Å²) in [4.78, 5) is 11.6. The minimum Gasteiger partial charge on any atom is -0.465 e. The molecule has 0 radical (unpaired) electrons. The molecule has 0 atom stereocenters. The van der Waals surface area contributed by atoms with Crippen molar-refractivity contribution >= 4 is 16.0 Å². The fourth-order valence-electron chi connectivity index (χ4n) is 1.72. The summed E-state index contributed by atoms with van der Waals surface area (Å²) in [6.45, 7) is 2.44. The zero-order chi connectivity index (χ0) is 15.3. The van der Waals surface area contributed by atoms with Crippen molar-refractivity contribution in [2.45, 2.75) is 18.2 Å². The Balaban J connectivity index is 3.20. The molecule has 0 aromatic heterocycles. The van der Waals surface area contributed by atoms with Gasteiger partial charge < -0.3 is 10.5 Å². The summed E-state index contributed by atoms with van der Waals surface area (Å²) in [5.41, 5.74) is 6.18. The van der Waals surface area contributed by atoms with Gasteiger partial charge in [0.2, 0.25) is 10.0 Å². The molecule has 0 amide bonds. The second-order valence-electron chi connectivity index (χ2n) is 4.44. The summed E-state index contributed by atoms with van der Waals surface area (Å²) in [5, 5.41) is 0. The van der Waals surface area contributed by atoms with Gasteiger partial charge in [0.05, 0.1) is 17.6 Å². The van der Waals surface area contributed by atoms with Gasteiger partial charge in [0.25, 0.3) is 0 Å². The standard InChI is InChI=1S/C13H20N2O4S/c1-10-5-6-11(13(16)19-3)9-12(10)20(17,18)15(2)8-4-7-14/h5-6,9H,4,7-8,14H2,1-3H3. The van der Waals surface area contributed by atoms with Crippen LogP contribution >= 0.6 is 0 Å². The molecule has 0 saturated heterocycles. The lowest BCUT2D eigenvalue weighted by Gasteiger charge is -2.18. The van der Waals surface area contributed by atoms with Crippen molar-refractivity contribution < 1.29 is 17.9 Å². The molecule has 0 aliphatic rings. The maximum Gasteiger partial charge on any atom is 0.337 e. The van der Waals surface area contributed by atoms with Gasteiger partial charge in [0, 0.05) is 13.6 Å². The van der Waals surface area contributed by atoms with E-state index in [2.05, 4.69) is 4.74 Å². The maximum atomic E-state index is 12.5. The minimum atomic E-state index is -3.64. The molecular formula is C13H20N2O4S. The summed E-state index contributed by atoms with van der Waals surface area (Å²) in [6.07, 6.45) is 0.575. The predicted molar refractivity (Wildman–Crippen MR) is 76.0 cm³/mol. The van der Waals surface area contributed by atoms with Crippen LogP contribution in [0.4, 0.5) is 0 Å². The number of hydrogen-bond acceptors (Lipinski definition) is 5. The summed E-state index contributed by atoms with van der Waals surface area (Å²) >= 11 is 0. The molecule has 0 fully saturated rings. The van der Waals surface area contributed by atoms with Gasteiger partial charge in [-0.25, -0.2) is 17.5 Å². The Morgan fingerprint density at radius 3 is 2.60 bits per heavy atom.